The summed E-state index contributed by atoms with van der Waals surface area (Å²) in [7, 11) is 1.47. The highest BCUT2D eigenvalue weighted by atomic mass is 79.9. The van der Waals surface area contributed by atoms with Crippen molar-refractivity contribution < 1.29 is 23.9 Å². The van der Waals surface area contributed by atoms with Crippen molar-refractivity contribution >= 4 is 56.4 Å². The summed E-state index contributed by atoms with van der Waals surface area (Å²) >= 11 is 4.61. The second-order valence-corrected chi connectivity index (χ2v) is 9.84. The molecular formula is C21H24BrN3O5S. The Morgan fingerprint density at radius 2 is 2.10 bits per heavy atom. The van der Waals surface area contributed by atoms with Crippen LogP contribution in [0.3, 0.4) is 0 Å². The van der Waals surface area contributed by atoms with Gasteiger partial charge in [-0.2, -0.15) is 0 Å². The second kappa shape index (κ2) is 9.90. The van der Waals surface area contributed by atoms with Crippen molar-refractivity contribution in [3.05, 3.63) is 44.6 Å². The standard InChI is InChI=1S/C21H24BrN3O5S/c1-13-10-14(4-5-15(13)25-8-9-30-11-18(25)26)23-20(28)21(2,12-29-3)24-19(27)16-6-7-17(22)31-16/h4-7,10H,8-9,11-12H2,1-3H3,(H,23,28)(H,24,27)/t21-/m1/s1. The summed E-state index contributed by atoms with van der Waals surface area (Å²) in [4.78, 5) is 39.9. The van der Waals surface area contributed by atoms with Crippen molar-refractivity contribution in [2.24, 2.45) is 0 Å². The maximum absolute atomic E-state index is 13.1. The lowest BCUT2D eigenvalue weighted by atomic mass is 10.0. The Morgan fingerprint density at radius 1 is 1.32 bits per heavy atom. The fraction of sp³-hybridized carbons (Fsp3) is 0.381. The Morgan fingerprint density at radius 3 is 2.71 bits per heavy atom. The molecule has 0 spiro atoms. The molecule has 1 aromatic carbocycles. The smallest absolute Gasteiger partial charge is 0.262 e. The zero-order valence-corrected chi connectivity index (χ0v) is 19.9. The number of carbonyl (C=O) groups excluding carboxylic acids is 3. The molecule has 0 bridgehead atoms. The van der Waals surface area contributed by atoms with Gasteiger partial charge in [-0.05, 0) is 65.7 Å². The van der Waals surface area contributed by atoms with Gasteiger partial charge in [-0.15, -0.1) is 11.3 Å². The van der Waals surface area contributed by atoms with Gasteiger partial charge in [0, 0.05) is 25.0 Å². The average Bonchev–Trinajstić information content (AvgIpc) is 3.15. The van der Waals surface area contributed by atoms with Crippen LogP contribution in [-0.4, -0.2) is 56.7 Å². The minimum Gasteiger partial charge on any atom is -0.382 e. The highest BCUT2D eigenvalue weighted by Crippen LogP contribution is 2.26. The summed E-state index contributed by atoms with van der Waals surface area (Å²) in [5.41, 5.74) is 0.897. The van der Waals surface area contributed by atoms with Gasteiger partial charge in [0.25, 0.3) is 17.7 Å². The zero-order chi connectivity index (χ0) is 22.6. The number of ether oxygens (including phenoxy) is 2. The first-order valence-electron chi connectivity index (χ1n) is 9.60. The van der Waals surface area contributed by atoms with Crippen LogP contribution in [-0.2, 0) is 19.1 Å². The van der Waals surface area contributed by atoms with Crippen LogP contribution in [0.5, 0.6) is 0 Å². The Kier molecular flexibility index (Phi) is 7.47. The summed E-state index contributed by atoms with van der Waals surface area (Å²) in [6.45, 7) is 4.52. The number of nitrogens with one attached hydrogen (secondary N) is 2. The number of amides is 3. The lowest BCUT2D eigenvalue weighted by molar-refractivity contribution is -0.125. The topological polar surface area (TPSA) is 97.0 Å². The van der Waals surface area contributed by atoms with Crippen molar-refractivity contribution in [2.45, 2.75) is 19.4 Å². The number of aryl methyl sites for hydroxylation is 1. The first kappa shape index (κ1) is 23.4. The molecule has 1 aliphatic heterocycles. The number of thiophene rings is 1. The number of nitrogens with zero attached hydrogens (tertiary/aromatic N) is 1. The quantitative estimate of drug-likeness (QED) is 0.597. The molecule has 2 heterocycles. The summed E-state index contributed by atoms with van der Waals surface area (Å²) < 4.78 is 11.2. The molecule has 166 valence electrons. The molecule has 1 aromatic heterocycles. The van der Waals surface area contributed by atoms with Crippen LogP contribution < -0.4 is 15.5 Å². The molecule has 0 unspecified atom stereocenters. The van der Waals surface area contributed by atoms with Gasteiger partial charge in [-0.25, -0.2) is 0 Å². The SMILES string of the molecule is COC[C@@](C)(NC(=O)c1ccc(Br)s1)C(=O)Nc1ccc(N2CCOCC2=O)c(C)c1. The lowest BCUT2D eigenvalue weighted by Gasteiger charge is -2.30. The molecule has 1 atom stereocenters. The third-order valence-electron chi connectivity index (χ3n) is 4.85. The van der Waals surface area contributed by atoms with Crippen molar-refractivity contribution in [1.29, 1.82) is 0 Å². The van der Waals surface area contributed by atoms with Crippen LogP contribution in [0.4, 0.5) is 11.4 Å². The molecule has 1 aliphatic rings. The van der Waals surface area contributed by atoms with E-state index in [2.05, 4.69) is 26.6 Å². The van der Waals surface area contributed by atoms with Crippen LogP contribution in [0.15, 0.2) is 34.1 Å². The number of methoxy groups -OCH3 is 1. The Balaban J connectivity index is 1.74. The van der Waals surface area contributed by atoms with Gasteiger partial charge >= 0.3 is 0 Å². The Bertz CT molecular complexity index is 995. The average molecular weight is 510 g/mol. The number of rotatable bonds is 7. The predicted molar refractivity (Wildman–Crippen MR) is 123 cm³/mol. The molecule has 31 heavy (non-hydrogen) atoms. The van der Waals surface area contributed by atoms with Gasteiger partial charge in [0.2, 0.25) is 0 Å². The van der Waals surface area contributed by atoms with Crippen molar-refractivity contribution in [3.63, 3.8) is 0 Å². The van der Waals surface area contributed by atoms with Crippen LogP contribution >= 0.6 is 27.3 Å². The number of benzene rings is 1. The van der Waals surface area contributed by atoms with E-state index in [9.17, 15) is 14.4 Å². The molecule has 3 rings (SSSR count). The minimum atomic E-state index is -1.28. The molecule has 1 saturated heterocycles. The summed E-state index contributed by atoms with van der Waals surface area (Å²) in [5, 5.41) is 5.62. The maximum Gasteiger partial charge on any atom is 0.262 e. The highest BCUT2D eigenvalue weighted by Gasteiger charge is 2.36. The van der Waals surface area contributed by atoms with E-state index in [0.29, 0.717) is 23.7 Å². The van der Waals surface area contributed by atoms with Crippen LogP contribution in [0.2, 0.25) is 0 Å². The number of hydrogen-bond donors (Lipinski definition) is 2. The van der Waals surface area contributed by atoms with Gasteiger partial charge in [0.15, 0.2) is 0 Å². The summed E-state index contributed by atoms with van der Waals surface area (Å²) in [6.07, 6.45) is 0. The molecule has 2 aromatic rings. The van der Waals surface area contributed by atoms with Gasteiger partial charge < -0.3 is 25.0 Å². The summed E-state index contributed by atoms with van der Waals surface area (Å²) in [6, 6.07) is 8.78. The van der Waals surface area contributed by atoms with Gasteiger partial charge in [-0.3, -0.25) is 14.4 Å². The third-order valence-corrected chi connectivity index (χ3v) is 6.47. The molecule has 10 heteroatoms. The summed E-state index contributed by atoms with van der Waals surface area (Å²) in [5.74, 6) is -0.864. The van der Waals surface area contributed by atoms with E-state index in [4.69, 9.17) is 9.47 Å². The van der Waals surface area contributed by atoms with E-state index >= 15 is 0 Å². The molecule has 3 amide bonds. The molecule has 0 radical (unpaired) electrons. The van der Waals surface area contributed by atoms with Crippen LogP contribution in [0.25, 0.3) is 0 Å². The zero-order valence-electron chi connectivity index (χ0n) is 17.5. The number of halogens is 1. The second-order valence-electron chi connectivity index (χ2n) is 7.38. The van der Waals surface area contributed by atoms with Crippen LogP contribution in [0.1, 0.15) is 22.2 Å². The van der Waals surface area contributed by atoms with E-state index in [0.717, 1.165) is 15.0 Å². The number of anilines is 2. The van der Waals surface area contributed by atoms with Gasteiger partial charge in [0.05, 0.1) is 21.9 Å². The van der Waals surface area contributed by atoms with Crippen molar-refractivity contribution in [1.82, 2.24) is 5.32 Å². The maximum atomic E-state index is 13.1. The molecule has 0 aliphatic carbocycles. The minimum absolute atomic E-state index is 0.00351. The first-order valence-corrected chi connectivity index (χ1v) is 11.2. The van der Waals surface area contributed by atoms with E-state index in [1.54, 1.807) is 42.2 Å². The molecule has 2 N–H and O–H groups in total. The molecular weight excluding hydrogens is 486 g/mol. The molecule has 0 saturated carbocycles. The van der Waals surface area contributed by atoms with E-state index in [1.165, 1.54) is 18.4 Å². The Hall–Kier alpha value is -2.27. The monoisotopic (exact) mass is 509 g/mol. The Labute approximate surface area is 193 Å². The normalized spacial score (nSPS) is 16.0. The van der Waals surface area contributed by atoms with Crippen LogP contribution in [0, 0.1) is 6.92 Å². The predicted octanol–water partition coefficient (Wildman–Crippen LogP) is 2.96. The number of morpholine rings is 1. The van der Waals surface area contributed by atoms with Gasteiger partial charge in [-0.1, -0.05) is 0 Å². The van der Waals surface area contributed by atoms with Crippen molar-refractivity contribution in [3.8, 4) is 0 Å². The van der Waals surface area contributed by atoms with E-state index in [-0.39, 0.29) is 25.0 Å². The largest absolute Gasteiger partial charge is 0.382 e. The number of hydrogen-bond acceptors (Lipinski definition) is 6. The van der Waals surface area contributed by atoms with Crippen molar-refractivity contribution in [2.75, 3.05) is 43.7 Å². The molecule has 8 nitrogen and oxygen atoms in total. The molecule has 1 fully saturated rings. The first-order chi connectivity index (χ1) is 14.7. The highest BCUT2D eigenvalue weighted by molar-refractivity contribution is 9.11. The lowest BCUT2D eigenvalue weighted by Crippen LogP contribution is -2.57. The fourth-order valence-electron chi connectivity index (χ4n) is 3.27. The fourth-order valence-corrected chi connectivity index (χ4v) is 4.55. The van der Waals surface area contributed by atoms with E-state index < -0.39 is 11.4 Å². The van der Waals surface area contributed by atoms with E-state index in [1.807, 2.05) is 6.92 Å². The van der Waals surface area contributed by atoms with Gasteiger partial charge in [0.1, 0.15) is 12.1 Å². The third kappa shape index (κ3) is 5.51. The number of carbonyl (C=O) groups is 3.